The van der Waals surface area contributed by atoms with Crippen LogP contribution in [0.5, 0.6) is 5.75 Å². The molecule has 0 atom stereocenters. The van der Waals surface area contributed by atoms with E-state index in [2.05, 4.69) is 14.7 Å². The van der Waals surface area contributed by atoms with E-state index in [4.69, 9.17) is 16.3 Å². The van der Waals surface area contributed by atoms with Gasteiger partial charge in [0.2, 0.25) is 0 Å². The van der Waals surface area contributed by atoms with Gasteiger partial charge in [0.1, 0.15) is 10.9 Å². The molecule has 2 rings (SSSR count). The Morgan fingerprint density at radius 3 is 2.50 bits per heavy atom. The molecule has 0 spiro atoms. The molecule has 0 aliphatic carbocycles. The molecule has 106 valence electrons. The predicted octanol–water partition coefficient (Wildman–Crippen LogP) is 3.54. The van der Waals surface area contributed by atoms with Crippen LogP contribution in [0.2, 0.25) is 5.15 Å². The third-order valence-electron chi connectivity index (χ3n) is 2.38. The smallest absolute Gasteiger partial charge is 0.387 e. The molecule has 1 aromatic heterocycles. The summed E-state index contributed by atoms with van der Waals surface area (Å²) < 4.78 is 33.4. The van der Waals surface area contributed by atoms with Crippen LogP contribution in [0.1, 0.15) is 5.69 Å². The number of alkyl halides is 2. The number of aromatic nitrogens is 2. The maximum Gasteiger partial charge on any atom is 0.387 e. The Labute approximate surface area is 119 Å². The van der Waals surface area contributed by atoms with Crippen molar-refractivity contribution in [1.29, 1.82) is 0 Å². The molecule has 0 amide bonds. The van der Waals surface area contributed by atoms with Gasteiger partial charge in [-0.25, -0.2) is 9.97 Å². The predicted molar refractivity (Wildman–Crippen MR) is 69.8 cm³/mol. The third-order valence-corrected chi connectivity index (χ3v) is 2.57. The molecule has 1 heterocycles. The molecular weight excluding hydrogens is 290 g/mol. The Morgan fingerprint density at radius 2 is 1.90 bits per heavy atom. The largest absolute Gasteiger partial charge is 0.435 e. The Balaban J connectivity index is 2.26. The van der Waals surface area contributed by atoms with E-state index in [0.717, 1.165) is 0 Å². The first-order chi connectivity index (χ1) is 9.58. The van der Waals surface area contributed by atoms with Gasteiger partial charge in [-0.3, -0.25) is 0 Å². The van der Waals surface area contributed by atoms with E-state index in [1.807, 2.05) is 0 Å². The molecule has 0 bridgehead atoms. The molecule has 0 fully saturated rings. The van der Waals surface area contributed by atoms with E-state index < -0.39 is 6.61 Å². The van der Waals surface area contributed by atoms with Crippen molar-refractivity contribution >= 4 is 11.6 Å². The fraction of sp³-hybridized carbons (Fsp3) is 0.231. The Kier molecular flexibility index (Phi) is 4.81. The van der Waals surface area contributed by atoms with Gasteiger partial charge in [-0.05, 0) is 30.3 Å². The van der Waals surface area contributed by atoms with Crippen LogP contribution >= 0.6 is 11.6 Å². The molecule has 1 aromatic carbocycles. The Hall–Kier alpha value is -1.79. The molecule has 0 aliphatic rings. The van der Waals surface area contributed by atoms with Crippen LogP contribution in [-0.2, 0) is 11.3 Å². The maximum atomic E-state index is 12.1. The van der Waals surface area contributed by atoms with Crippen LogP contribution in [0.3, 0.4) is 0 Å². The molecular formula is C13H11ClF2N2O2. The van der Waals surface area contributed by atoms with E-state index in [1.54, 1.807) is 25.3 Å². The summed E-state index contributed by atoms with van der Waals surface area (Å²) in [4.78, 5) is 8.36. The highest BCUT2D eigenvalue weighted by atomic mass is 35.5. The highest BCUT2D eigenvalue weighted by molar-refractivity contribution is 6.29. The normalized spacial score (nSPS) is 10.8. The molecule has 20 heavy (non-hydrogen) atoms. The van der Waals surface area contributed by atoms with Crippen LogP contribution in [0, 0.1) is 0 Å². The average Bonchev–Trinajstić information content (AvgIpc) is 2.38. The van der Waals surface area contributed by atoms with Crippen molar-refractivity contribution in [3.05, 3.63) is 41.2 Å². The minimum Gasteiger partial charge on any atom is -0.435 e. The van der Waals surface area contributed by atoms with Crippen molar-refractivity contribution in [2.45, 2.75) is 13.2 Å². The monoisotopic (exact) mass is 300 g/mol. The van der Waals surface area contributed by atoms with Crippen LogP contribution < -0.4 is 4.74 Å². The first kappa shape index (κ1) is 14.6. The molecule has 0 aliphatic heterocycles. The van der Waals surface area contributed by atoms with Gasteiger partial charge in [-0.2, -0.15) is 8.78 Å². The van der Waals surface area contributed by atoms with Gasteiger partial charge in [0.25, 0.3) is 0 Å². The molecule has 0 saturated heterocycles. The van der Waals surface area contributed by atoms with Crippen LogP contribution in [0.15, 0.2) is 30.3 Å². The molecule has 0 unspecified atom stereocenters. The molecule has 0 saturated carbocycles. The summed E-state index contributed by atoms with van der Waals surface area (Å²) in [6.07, 6.45) is 0. The number of benzene rings is 1. The fourth-order valence-electron chi connectivity index (χ4n) is 1.60. The number of ether oxygens (including phenoxy) is 2. The van der Waals surface area contributed by atoms with E-state index in [-0.39, 0.29) is 10.9 Å². The molecule has 0 radical (unpaired) electrons. The standard InChI is InChI=1S/C13H11ClF2N2O2/c1-19-7-9-6-11(14)18-12(17-9)8-2-4-10(5-3-8)20-13(15)16/h2-6,13H,7H2,1H3. The number of rotatable bonds is 5. The van der Waals surface area contributed by atoms with Crippen molar-refractivity contribution < 1.29 is 18.3 Å². The van der Waals surface area contributed by atoms with Crippen LogP contribution in [0.25, 0.3) is 11.4 Å². The molecule has 2 aromatic rings. The summed E-state index contributed by atoms with van der Waals surface area (Å²) in [5.74, 6) is 0.469. The van der Waals surface area contributed by atoms with Crippen molar-refractivity contribution in [2.75, 3.05) is 7.11 Å². The lowest BCUT2D eigenvalue weighted by Gasteiger charge is -2.07. The van der Waals surface area contributed by atoms with Crippen molar-refractivity contribution in [3.8, 4) is 17.1 Å². The second kappa shape index (κ2) is 6.58. The quantitative estimate of drug-likeness (QED) is 0.792. The molecule has 0 N–H and O–H groups in total. The number of halogens is 3. The second-order valence-corrected chi connectivity index (χ2v) is 4.23. The first-order valence-corrected chi connectivity index (χ1v) is 6.04. The highest BCUT2D eigenvalue weighted by Crippen LogP contribution is 2.22. The van der Waals surface area contributed by atoms with Gasteiger partial charge in [0.05, 0.1) is 12.3 Å². The fourth-order valence-corrected chi connectivity index (χ4v) is 1.81. The highest BCUT2D eigenvalue weighted by Gasteiger charge is 2.08. The number of hydrogen-bond donors (Lipinski definition) is 0. The van der Waals surface area contributed by atoms with Gasteiger partial charge in [-0.15, -0.1) is 0 Å². The lowest BCUT2D eigenvalue weighted by atomic mass is 10.2. The summed E-state index contributed by atoms with van der Waals surface area (Å²) in [6.45, 7) is -2.54. The van der Waals surface area contributed by atoms with Crippen LogP contribution in [-0.4, -0.2) is 23.7 Å². The second-order valence-electron chi connectivity index (χ2n) is 3.84. The zero-order chi connectivity index (χ0) is 14.5. The van der Waals surface area contributed by atoms with Gasteiger partial charge >= 0.3 is 6.61 Å². The van der Waals surface area contributed by atoms with Gasteiger partial charge in [0, 0.05) is 12.7 Å². The van der Waals surface area contributed by atoms with E-state index in [9.17, 15) is 8.78 Å². The maximum absolute atomic E-state index is 12.1. The number of methoxy groups -OCH3 is 1. The SMILES string of the molecule is COCc1cc(Cl)nc(-c2ccc(OC(F)F)cc2)n1. The Bertz CT molecular complexity index is 579. The van der Waals surface area contributed by atoms with E-state index in [0.29, 0.717) is 23.7 Å². The summed E-state index contributed by atoms with van der Waals surface area (Å²) >= 11 is 5.91. The topological polar surface area (TPSA) is 44.2 Å². The average molecular weight is 301 g/mol. The molecule has 4 nitrogen and oxygen atoms in total. The van der Waals surface area contributed by atoms with Gasteiger partial charge < -0.3 is 9.47 Å². The van der Waals surface area contributed by atoms with Crippen molar-refractivity contribution in [3.63, 3.8) is 0 Å². The summed E-state index contributed by atoms with van der Waals surface area (Å²) in [7, 11) is 1.55. The first-order valence-electron chi connectivity index (χ1n) is 5.66. The summed E-state index contributed by atoms with van der Waals surface area (Å²) in [6, 6.07) is 7.60. The minimum absolute atomic E-state index is 0.0721. The van der Waals surface area contributed by atoms with Crippen molar-refractivity contribution in [1.82, 2.24) is 9.97 Å². The zero-order valence-electron chi connectivity index (χ0n) is 10.5. The van der Waals surface area contributed by atoms with Crippen molar-refractivity contribution in [2.24, 2.45) is 0 Å². The van der Waals surface area contributed by atoms with E-state index in [1.165, 1.54) is 12.1 Å². The zero-order valence-corrected chi connectivity index (χ0v) is 11.3. The third kappa shape index (κ3) is 3.85. The van der Waals surface area contributed by atoms with Gasteiger partial charge in [-0.1, -0.05) is 11.6 Å². The minimum atomic E-state index is -2.85. The summed E-state index contributed by atoms with van der Waals surface area (Å²) in [5.41, 5.74) is 1.28. The van der Waals surface area contributed by atoms with Crippen LogP contribution in [0.4, 0.5) is 8.78 Å². The number of hydrogen-bond acceptors (Lipinski definition) is 4. The number of nitrogens with zero attached hydrogens (tertiary/aromatic N) is 2. The van der Waals surface area contributed by atoms with Gasteiger partial charge in [0.15, 0.2) is 5.82 Å². The lowest BCUT2D eigenvalue weighted by molar-refractivity contribution is -0.0498. The van der Waals surface area contributed by atoms with E-state index >= 15 is 0 Å². The Morgan fingerprint density at radius 1 is 1.20 bits per heavy atom. The molecule has 7 heteroatoms. The lowest BCUT2D eigenvalue weighted by Crippen LogP contribution is -2.01. The summed E-state index contributed by atoms with van der Waals surface area (Å²) in [5, 5.41) is 0.287.